The number of hydrogen-bond donors (Lipinski definition) is 3. The van der Waals surface area contributed by atoms with Gasteiger partial charge in [-0.1, -0.05) is 13.0 Å². The van der Waals surface area contributed by atoms with Gasteiger partial charge >= 0.3 is 12.0 Å². The molecule has 0 aromatic heterocycles. The maximum absolute atomic E-state index is 13.3. The number of hydrogen-bond acceptors (Lipinski definition) is 4. The van der Waals surface area contributed by atoms with Crippen molar-refractivity contribution in [2.75, 3.05) is 13.2 Å². The van der Waals surface area contributed by atoms with Gasteiger partial charge < -0.3 is 15.2 Å². The number of rotatable bonds is 6. The molecule has 3 amide bonds. The highest BCUT2D eigenvalue weighted by molar-refractivity contribution is 5.95. The molecule has 21 heavy (non-hydrogen) atoms. The molecular formula is C13H15FN2O5. The van der Waals surface area contributed by atoms with Crippen LogP contribution in [0.1, 0.15) is 23.7 Å². The van der Waals surface area contributed by atoms with Crippen LogP contribution in [0.5, 0.6) is 5.75 Å². The van der Waals surface area contributed by atoms with Gasteiger partial charge in [0.1, 0.15) is 17.1 Å². The predicted molar refractivity (Wildman–Crippen MR) is 70.7 cm³/mol. The molecule has 114 valence electrons. The Morgan fingerprint density at radius 2 is 2.05 bits per heavy atom. The van der Waals surface area contributed by atoms with Crippen molar-refractivity contribution < 1.29 is 28.6 Å². The largest absolute Gasteiger partial charge is 0.483 e. The Morgan fingerprint density at radius 1 is 1.33 bits per heavy atom. The second kappa shape index (κ2) is 7.83. The minimum Gasteiger partial charge on any atom is -0.483 e. The lowest BCUT2D eigenvalue weighted by Crippen LogP contribution is -2.41. The van der Waals surface area contributed by atoms with Crippen LogP contribution in [0, 0.1) is 5.82 Å². The summed E-state index contributed by atoms with van der Waals surface area (Å²) in [4.78, 5) is 33.5. The summed E-state index contributed by atoms with van der Waals surface area (Å²) < 4.78 is 18.3. The van der Waals surface area contributed by atoms with Gasteiger partial charge in [0.2, 0.25) is 0 Å². The molecule has 0 unspecified atom stereocenters. The lowest BCUT2D eigenvalue weighted by Gasteiger charge is -2.10. The van der Waals surface area contributed by atoms with E-state index in [0.717, 1.165) is 6.07 Å². The third kappa shape index (κ3) is 5.09. The van der Waals surface area contributed by atoms with Crippen molar-refractivity contribution in [1.82, 2.24) is 10.6 Å². The Balaban J connectivity index is 2.60. The molecule has 8 heteroatoms. The predicted octanol–water partition coefficient (Wildman–Crippen LogP) is 1.14. The first-order valence-electron chi connectivity index (χ1n) is 6.18. The molecule has 0 aliphatic heterocycles. The molecular weight excluding hydrogens is 283 g/mol. The number of halogens is 1. The monoisotopic (exact) mass is 298 g/mol. The van der Waals surface area contributed by atoms with Crippen molar-refractivity contribution in [1.29, 1.82) is 0 Å². The standard InChI is InChI=1S/C13H15FN2O5/c1-2-6-15-13(20)16-10(17)7-21-9-5-3-4-8(14)11(9)12(18)19/h3-5H,2,6-7H2,1H3,(H,18,19)(H2,15,16,17,20). The number of carbonyl (C=O) groups excluding carboxylic acids is 2. The number of benzene rings is 1. The molecule has 0 heterocycles. The minimum atomic E-state index is -1.51. The number of carboxylic acid groups (broad SMARTS) is 1. The van der Waals surface area contributed by atoms with E-state index in [0.29, 0.717) is 13.0 Å². The van der Waals surface area contributed by atoms with E-state index in [1.807, 2.05) is 12.2 Å². The van der Waals surface area contributed by atoms with E-state index < -0.39 is 35.9 Å². The Bertz CT molecular complexity index is 547. The first-order valence-corrected chi connectivity index (χ1v) is 6.18. The summed E-state index contributed by atoms with van der Waals surface area (Å²) in [5.41, 5.74) is -0.666. The topological polar surface area (TPSA) is 105 Å². The summed E-state index contributed by atoms with van der Waals surface area (Å²) >= 11 is 0. The maximum Gasteiger partial charge on any atom is 0.342 e. The van der Waals surface area contributed by atoms with Crippen LogP contribution in [-0.4, -0.2) is 36.2 Å². The fourth-order valence-electron chi connectivity index (χ4n) is 1.42. The molecule has 0 aliphatic rings. The zero-order valence-electron chi connectivity index (χ0n) is 11.3. The molecule has 0 aliphatic carbocycles. The van der Waals surface area contributed by atoms with E-state index in [4.69, 9.17) is 9.84 Å². The van der Waals surface area contributed by atoms with E-state index in [1.165, 1.54) is 12.1 Å². The first-order chi connectivity index (χ1) is 9.95. The van der Waals surface area contributed by atoms with E-state index >= 15 is 0 Å². The van der Waals surface area contributed by atoms with Crippen LogP contribution in [0.3, 0.4) is 0 Å². The first kappa shape index (κ1) is 16.4. The van der Waals surface area contributed by atoms with Gasteiger partial charge in [-0.2, -0.15) is 0 Å². The van der Waals surface area contributed by atoms with Gasteiger partial charge in [0.05, 0.1) is 0 Å². The van der Waals surface area contributed by atoms with Crippen LogP contribution in [-0.2, 0) is 4.79 Å². The van der Waals surface area contributed by atoms with Gasteiger partial charge in [-0.3, -0.25) is 10.1 Å². The van der Waals surface area contributed by atoms with Crippen LogP contribution in [0.2, 0.25) is 0 Å². The molecule has 1 aromatic rings. The molecule has 1 aromatic carbocycles. The van der Waals surface area contributed by atoms with Crippen LogP contribution in [0.25, 0.3) is 0 Å². The van der Waals surface area contributed by atoms with Gasteiger partial charge in [0.15, 0.2) is 6.61 Å². The Kier molecular flexibility index (Phi) is 6.12. The zero-order chi connectivity index (χ0) is 15.8. The third-order valence-electron chi connectivity index (χ3n) is 2.34. The summed E-state index contributed by atoms with van der Waals surface area (Å²) in [6, 6.07) is 2.76. The second-order valence-electron chi connectivity index (χ2n) is 4.01. The number of urea groups is 1. The summed E-state index contributed by atoms with van der Waals surface area (Å²) in [6.45, 7) is 1.65. The fraction of sp³-hybridized carbons (Fsp3) is 0.308. The van der Waals surface area contributed by atoms with Gasteiger partial charge in [0, 0.05) is 6.54 Å². The van der Waals surface area contributed by atoms with Crippen LogP contribution >= 0.6 is 0 Å². The maximum atomic E-state index is 13.3. The number of carbonyl (C=O) groups is 3. The Hall–Kier alpha value is -2.64. The van der Waals surface area contributed by atoms with Crippen molar-refractivity contribution >= 4 is 17.9 Å². The number of nitrogens with one attached hydrogen (secondary N) is 2. The van der Waals surface area contributed by atoms with E-state index in [-0.39, 0.29) is 5.75 Å². The molecule has 0 saturated carbocycles. The van der Waals surface area contributed by atoms with Crippen molar-refractivity contribution in [2.24, 2.45) is 0 Å². The number of carboxylic acids is 1. The third-order valence-corrected chi connectivity index (χ3v) is 2.34. The molecule has 0 saturated heterocycles. The van der Waals surface area contributed by atoms with Crippen molar-refractivity contribution in [3.05, 3.63) is 29.6 Å². The summed E-state index contributed by atoms with van der Waals surface area (Å²) in [6.07, 6.45) is 0.712. The highest BCUT2D eigenvalue weighted by atomic mass is 19.1. The average Bonchev–Trinajstić information content (AvgIpc) is 2.42. The lowest BCUT2D eigenvalue weighted by molar-refractivity contribution is -0.122. The highest BCUT2D eigenvalue weighted by Crippen LogP contribution is 2.21. The van der Waals surface area contributed by atoms with Crippen LogP contribution in [0.15, 0.2) is 18.2 Å². The van der Waals surface area contributed by atoms with Crippen molar-refractivity contribution in [2.45, 2.75) is 13.3 Å². The van der Waals surface area contributed by atoms with Crippen LogP contribution in [0.4, 0.5) is 9.18 Å². The number of aromatic carboxylic acids is 1. The van der Waals surface area contributed by atoms with Crippen molar-refractivity contribution in [3.8, 4) is 5.75 Å². The Morgan fingerprint density at radius 3 is 2.67 bits per heavy atom. The van der Waals surface area contributed by atoms with E-state index in [1.54, 1.807) is 0 Å². The highest BCUT2D eigenvalue weighted by Gasteiger charge is 2.18. The normalized spacial score (nSPS) is 9.81. The number of imide groups is 1. The molecule has 7 nitrogen and oxygen atoms in total. The molecule has 3 N–H and O–H groups in total. The van der Waals surface area contributed by atoms with Gasteiger partial charge in [0.25, 0.3) is 5.91 Å². The summed E-state index contributed by atoms with van der Waals surface area (Å²) in [5.74, 6) is -3.54. The molecule has 0 fully saturated rings. The SMILES string of the molecule is CCCNC(=O)NC(=O)COc1cccc(F)c1C(=O)O. The zero-order valence-corrected chi connectivity index (χ0v) is 11.3. The lowest BCUT2D eigenvalue weighted by atomic mass is 10.2. The van der Waals surface area contributed by atoms with Gasteiger partial charge in [-0.05, 0) is 18.6 Å². The van der Waals surface area contributed by atoms with Crippen LogP contribution < -0.4 is 15.4 Å². The minimum absolute atomic E-state index is 0.286. The van der Waals surface area contributed by atoms with E-state index in [2.05, 4.69) is 5.32 Å². The molecule has 0 atom stereocenters. The Labute approximate surface area is 120 Å². The second-order valence-corrected chi connectivity index (χ2v) is 4.01. The number of amides is 3. The molecule has 0 spiro atoms. The van der Waals surface area contributed by atoms with Gasteiger partial charge in [-0.15, -0.1) is 0 Å². The average molecular weight is 298 g/mol. The fourth-order valence-corrected chi connectivity index (χ4v) is 1.42. The van der Waals surface area contributed by atoms with E-state index in [9.17, 15) is 18.8 Å². The molecule has 0 radical (unpaired) electrons. The summed E-state index contributed by atoms with van der Waals surface area (Å²) in [5, 5.41) is 13.3. The molecule has 1 rings (SSSR count). The quantitative estimate of drug-likeness (QED) is 0.730. The van der Waals surface area contributed by atoms with Gasteiger partial charge in [-0.25, -0.2) is 14.0 Å². The van der Waals surface area contributed by atoms with Crippen molar-refractivity contribution in [3.63, 3.8) is 0 Å². The smallest absolute Gasteiger partial charge is 0.342 e. The molecule has 0 bridgehead atoms. The number of ether oxygens (including phenoxy) is 1. The summed E-state index contributed by atoms with van der Waals surface area (Å²) in [7, 11) is 0.